The number of carbonyl (C=O) groups excluding carboxylic acids is 2. The molecule has 1 saturated heterocycles. The first-order valence-corrected chi connectivity index (χ1v) is 9.97. The summed E-state index contributed by atoms with van der Waals surface area (Å²) in [7, 11) is 0. The normalized spacial score (nSPS) is 18.6. The van der Waals surface area contributed by atoms with Crippen LogP contribution in [0.25, 0.3) is 0 Å². The first-order chi connectivity index (χ1) is 13.0. The smallest absolute Gasteiger partial charge is 0.238 e. The van der Waals surface area contributed by atoms with Gasteiger partial charge in [-0.3, -0.25) is 14.5 Å². The van der Waals surface area contributed by atoms with E-state index in [-0.39, 0.29) is 18.2 Å². The number of hydrogen-bond donors (Lipinski definition) is 1. The van der Waals surface area contributed by atoms with Crippen LogP contribution in [-0.4, -0.2) is 33.7 Å². The van der Waals surface area contributed by atoms with E-state index in [4.69, 9.17) is 23.2 Å². The number of aliphatic imine (C=N–C) groups is 1. The Balaban J connectivity index is 1.79. The number of nitrogens with one attached hydrogen (secondary N) is 1. The zero-order valence-electron chi connectivity index (χ0n) is 14.5. The van der Waals surface area contributed by atoms with Crippen LogP contribution in [0.4, 0.5) is 11.4 Å². The Kier molecular flexibility index (Phi) is 6.42. The van der Waals surface area contributed by atoms with Gasteiger partial charge in [0, 0.05) is 28.7 Å². The lowest BCUT2D eigenvalue weighted by molar-refractivity contribution is -0.129. The molecule has 0 saturated carbocycles. The average Bonchev–Trinajstić information content (AvgIpc) is 2.65. The van der Waals surface area contributed by atoms with Gasteiger partial charge in [-0.25, -0.2) is 4.99 Å². The molecule has 1 fully saturated rings. The molecule has 0 spiro atoms. The van der Waals surface area contributed by atoms with Crippen LogP contribution in [0.15, 0.2) is 53.5 Å². The van der Waals surface area contributed by atoms with E-state index in [1.165, 1.54) is 11.8 Å². The van der Waals surface area contributed by atoms with Crippen molar-refractivity contribution in [1.82, 2.24) is 4.90 Å². The maximum atomic E-state index is 12.6. The monoisotopic (exact) mass is 421 g/mol. The maximum absolute atomic E-state index is 12.6. The Hall–Kier alpha value is -2.02. The van der Waals surface area contributed by atoms with E-state index >= 15 is 0 Å². The van der Waals surface area contributed by atoms with Gasteiger partial charge in [0.25, 0.3) is 0 Å². The van der Waals surface area contributed by atoms with E-state index in [0.29, 0.717) is 33.1 Å². The Labute approximate surface area is 171 Å². The van der Waals surface area contributed by atoms with Gasteiger partial charge in [0.1, 0.15) is 5.25 Å². The van der Waals surface area contributed by atoms with Crippen LogP contribution in [-0.2, 0) is 9.59 Å². The van der Waals surface area contributed by atoms with E-state index in [1.807, 2.05) is 6.92 Å². The predicted molar refractivity (Wildman–Crippen MR) is 112 cm³/mol. The van der Waals surface area contributed by atoms with Gasteiger partial charge < -0.3 is 5.32 Å². The van der Waals surface area contributed by atoms with E-state index in [9.17, 15) is 9.59 Å². The van der Waals surface area contributed by atoms with Crippen LogP contribution in [0.1, 0.15) is 13.3 Å². The van der Waals surface area contributed by atoms with Crippen molar-refractivity contribution in [3.05, 3.63) is 58.6 Å². The van der Waals surface area contributed by atoms with Crippen LogP contribution < -0.4 is 5.32 Å². The largest absolute Gasteiger partial charge is 0.325 e. The molecule has 27 heavy (non-hydrogen) atoms. The van der Waals surface area contributed by atoms with Gasteiger partial charge in [-0.1, -0.05) is 35.0 Å². The molecule has 3 rings (SSSR count). The molecule has 0 bridgehead atoms. The van der Waals surface area contributed by atoms with Crippen molar-refractivity contribution in [2.45, 2.75) is 18.6 Å². The Bertz CT molecular complexity index is 870. The topological polar surface area (TPSA) is 61.8 Å². The van der Waals surface area contributed by atoms with Crippen molar-refractivity contribution < 1.29 is 9.59 Å². The van der Waals surface area contributed by atoms with Crippen molar-refractivity contribution in [2.75, 3.05) is 11.9 Å². The third-order valence-electron chi connectivity index (χ3n) is 3.91. The first-order valence-electron chi connectivity index (χ1n) is 8.34. The first kappa shape index (κ1) is 19.7. The minimum absolute atomic E-state index is 0.123. The summed E-state index contributed by atoms with van der Waals surface area (Å²) in [6.07, 6.45) is 0.123. The highest BCUT2D eigenvalue weighted by Gasteiger charge is 2.35. The summed E-state index contributed by atoms with van der Waals surface area (Å²) in [6, 6.07) is 13.8. The molecule has 140 valence electrons. The van der Waals surface area contributed by atoms with Gasteiger partial charge in [-0.15, -0.1) is 0 Å². The van der Waals surface area contributed by atoms with Gasteiger partial charge in [0.05, 0.1) is 5.69 Å². The Morgan fingerprint density at radius 2 is 1.74 bits per heavy atom. The fourth-order valence-corrected chi connectivity index (χ4v) is 3.95. The summed E-state index contributed by atoms with van der Waals surface area (Å²) in [4.78, 5) is 31.3. The Morgan fingerprint density at radius 3 is 2.33 bits per heavy atom. The second-order valence-corrected chi connectivity index (χ2v) is 7.86. The van der Waals surface area contributed by atoms with Gasteiger partial charge in [-0.05, 0) is 55.5 Å². The zero-order chi connectivity index (χ0) is 19.4. The van der Waals surface area contributed by atoms with Gasteiger partial charge in [-0.2, -0.15) is 0 Å². The molecule has 1 unspecified atom stereocenters. The van der Waals surface area contributed by atoms with Crippen molar-refractivity contribution in [2.24, 2.45) is 4.99 Å². The lowest BCUT2D eigenvalue weighted by Gasteiger charge is -2.30. The number of halogens is 2. The molecule has 1 heterocycles. The third-order valence-corrected chi connectivity index (χ3v) is 5.60. The van der Waals surface area contributed by atoms with Crippen molar-refractivity contribution >= 4 is 63.3 Å². The molecule has 1 aliphatic heterocycles. The van der Waals surface area contributed by atoms with Gasteiger partial charge >= 0.3 is 0 Å². The molecule has 5 nitrogen and oxygen atoms in total. The van der Waals surface area contributed by atoms with Crippen LogP contribution >= 0.6 is 35.0 Å². The van der Waals surface area contributed by atoms with Crippen molar-refractivity contribution in [1.29, 1.82) is 0 Å². The molecule has 8 heteroatoms. The van der Waals surface area contributed by atoms with E-state index < -0.39 is 5.25 Å². The number of hydrogen-bond acceptors (Lipinski definition) is 4. The predicted octanol–water partition coefficient (Wildman–Crippen LogP) is 4.97. The SMILES string of the molecule is CCN1C(=O)CC(C(=O)Nc2ccc(Cl)cc2)SC1=Nc1ccc(Cl)cc1. The number of nitrogens with zero attached hydrogens (tertiary/aromatic N) is 2. The van der Waals surface area contributed by atoms with E-state index in [2.05, 4.69) is 10.3 Å². The molecule has 2 amide bonds. The quantitative estimate of drug-likeness (QED) is 0.757. The molecule has 0 aromatic heterocycles. The lowest BCUT2D eigenvalue weighted by atomic mass is 10.2. The van der Waals surface area contributed by atoms with Crippen LogP contribution in [0.3, 0.4) is 0 Å². The molecular weight excluding hydrogens is 405 g/mol. The van der Waals surface area contributed by atoms with Crippen molar-refractivity contribution in [3.8, 4) is 0 Å². The maximum Gasteiger partial charge on any atom is 0.238 e. The highest BCUT2D eigenvalue weighted by Crippen LogP contribution is 2.30. The zero-order valence-corrected chi connectivity index (χ0v) is 16.8. The number of benzene rings is 2. The summed E-state index contributed by atoms with van der Waals surface area (Å²) in [5.41, 5.74) is 1.30. The summed E-state index contributed by atoms with van der Waals surface area (Å²) >= 11 is 13.1. The lowest BCUT2D eigenvalue weighted by Crippen LogP contribution is -2.45. The molecule has 2 aromatic rings. The number of amides is 2. The summed E-state index contributed by atoms with van der Waals surface area (Å²) in [5.74, 6) is -0.365. The van der Waals surface area contributed by atoms with E-state index in [1.54, 1.807) is 53.4 Å². The molecule has 2 aromatic carbocycles. The molecular formula is C19H17Cl2N3O2S. The van der Waals surface area contributed by atoms with Crippen LogP contribution in [0.5, 0.6) is 0 Å². The molecule has 1 aliphatic rings. The van der Waals surface area contributed by atoms with Crippen LogP contribution in [0.2, 0.25) is 10.0 Å². The molecule has 1 N–H and O–H groups in total. The molecule has 0 aliphatic carbocycles. The Morgan fingerprint density at radius 1 is 1.15 bits per heavy atom. The summed E-state index contributed by atoms with van der Waals surface area (Å²) < 4.78 is 0. The minimum Gasteiger partial charge on any atom is -0.325 e. The second-order valence-electron chi connectivity index (χ2n) is 5.82. The fraction of sp³-hybridized carbons (Fsp3) is 0.211. The van der Waals surface area contributed by atoms with Crippen molar-refractivity contribution in [3.63, 3.8) is 0 Å². The summed E-state index contributed by atoms with van der Waals surface area (Å²) in [5, 5.41) is 3.97. The van der Waals surface area contributed by atoms with Gasteiger partial charge in [0.15, 0.2) is 5.17 Å². The number of carbonyl (C=O) groups is 2. The van der Waals surface area contributed by atoms with Crippen LogP contribution in [0, 0.1) is 0 Å². The second kappa shape index (κ2) is 8.78. The number of anilines is 1. The number of thioether (sulfide) groups is 1. The molecule has 1 atom stereocenters. The highest BCUT2D eigenvalue weighted by atomic mass is 35.5. The standard InChI is InChI=1S/C19H17Cl2N3O2S/c1-2-24-17(25)11-16(18(26)22-14-7-3-12(20)4-8-14)27-19(24)23-15-9-5-13(21)6-10-15/h3-10,16H,2,11H2,1H3,(H,22,26). The highest BCUT2D eigenvalue weighted by molar-refractivity contribution is 8.15. The summed E-state index contributed by atoms with van der Waals surface area (Å²) in [6.45, 7) is 2.37. The van der Waals surface area contributed by atoms with Gasteiger partial charge in [0.2, 0.25) is 11.8 Å². The fourth-order valence-electron chi connectivity index (χ4n) is 2.53. The third kappa shape index (κ3) is 5.03. The average molecular weight is 422 g/mol. The number of rotatable bonds is 4. The molecule has 0 radical (unpaired) electrons. The van der Waals surface area contributed by atoms with E-state index in [0.717, 1.165) is 0 Å². The minimum atomic E-state index is -0.554. The number of amidine groups is 1.